The van der Waals surface area contributed by atoms with Gasteiger partial charge in [-0.05, 0) is 42.0 Å². The summed E-state index contributed by atoms with van der Waals surface area (Å²) in [5, 5.41) is 11.6. The number of carbonyl (C=O) groups excluding carboxylic acids is 1. The molecule has 8 heteroatoms. The summed E-state index contributed by atoms with van der Waals surface area (Å²) >= 11 is 9.29. The summed E-state index contributed by atoms with van der Waals surface area (Å²) in [4.78, 5) is 18.5. The number of allylic oxidation sites excluding steroid dienone is 2. The minimum absolute atomic E-state index is 0.188. The molecule has 1 N–H and O–H groups in total. The first kappa shape index (κ1) is 18.0. The van der Waals surface area contributed by atoms with Crippen LogP contribution < -0.4 is 5.32 Å². The highest BCUT2D eigenvalue weighted by Crippen LogP contribution is 2.41. The number of Topliss-reactive ketones (excluding diaryl/α,β-unsaturated/α-hetero) is 1. The summed E-state index contributed by atoms with van der Waals surface area (Å²) in [6.45, 7) is 0. The van der Waals surface area contributed by atoms with E-state index in [0.29, 0.717) is 17.5 Å². The first-order valence-corrected chi connectivity index (χ1v) is 11.3. The number of nitrogens with one attached hydrogen (secondary N) is 1. The van der Waals surface area contributed by atoms with Crippen molar-refractivity contribution < 1.29 is 4.79 Å². The lowest BCUT2D eigenvalue weighted by Gasteiger charge is -2.31. The van der Waals surface area contributed by atoms with Gasteiger partial charge in [-0.3, -0.25) is 4.79 Å². The van der Waals surface area contributed by atoms with Gasteiger partial charge in [-0.25, -0.2) is 4.68 Å². The Morgan fingerprint density at radius 1 is 1.29 bits per heavy atom. The first-order chi connectivity index (χ1) is 13.7. The summed E-state index contributed by atoms with van der Waals surface area (Å²) < 4.78 is 1.87. The molecule has 2 aliphatic rings. The van der Waals surface area contributed by atoms with Gasteiger partial charge in [-0.15, -0.1) is 16.4 Å². The molecule has 0 fully saturated rings. The fourth-order valence-corrected chi connectivity index (χ4v) is 5.49. The molecule has 0 unspecified atom stereocenters. The van der Waals surface area contributed by atoms with E-state index in [9.17, 15) is 4.79 Å². The van der Waals surface area contributed by atoms with Crippen LogP contribution >= 0.6 is 34.7 Å². The maximum atomic E-state index is 12.7. The second-order valence-electron chi connectivity index (χ2n) is 6.79. The van der Waals surface area contributed by atoms with Crippen LogP contribution in [0, 0.1) is 0 Å². The van der Waals surface area contributed by atoms with Gasteiger partial charge in [0.2, 0.25) is 11.1 Å². The molecule has 0 saturated heterocycles. The number of rotatable bonds is 4. The van der Waals surface area contributed by atoms with Crippen molar-refractivity contribution in [2.75, 3.05) is 5.32 Å². The Kier molecular flexibility index (Phi) is 4.74. The average molecular weight is 429 g/mol. The number of ketones is 1. The van der Waals surface area contributed by atoms with Crippen LogP contribution in [-0.4, -0.2) is 20.5 Å². The van der Waals surface area contributed by atoms with Crippen molar-refractivity contribution in [1.82, 2.24) is 14.8 Å². The van der Waals surface area contributed by atoms with Gasteiger partial charge >= 0.3 is 0 Å². The van der Waals surface area contributed by atoms with E-state index in [2.05, 4.69) is 11.4 Å². The Labute approximate surface area is 175 Å². The lowest BCUT2D eigenvalue weighted by atomic mass is 9.88. The van der Waals surface area contributed by atoms with E-state index in [0.717, 1.165) is 45.3 Å². The first-order valence-electron chi connectivity index (χ1n) is 9.09. The summed E-state index contributed by atoms with van der Waals surface area (Å²) in [5.41, 5.74) is 2.97. The molecule has 0 saturated carbocycles. The third-order valence-electron chi connectivity index (χ3n) is 4.92. The van der Waals surface area contributed by atoms with Crippen molar-refractivity contribution in [3.8, 4) is 0 Å². The number of anilines is 1. The number of fused-ring (bicyclic) bond motifs is 1. The van der Waals surface area contributed by atoms with E-state index in [-0.39, 0.29) is 11.8 Å². The Morgan fingerprint density at radius 3 is 3.04 bits per heavy atom. The van der Waals surface area contributed by atoms with Gasteiger partial charge in [0.05, 0.1) is 0 Å². The van der Waals surface area contributed by atoms with Gasteiger partial charge in [0, 0.05) is 33.3 Å². The standard InChI is InChI=1S/C20H17ClN4OS2/c21-13-5-1-4-12(10-13)11-28-20-23-19-22-14-6-2-7-15(26)17(14)18(25(19)24-20)16-8-3-9-27-16/h1,3-5,8-10,18H,2,6-7,11H2,(H,22,23,24)/t18-/m1/s1. The highest BCUT2D eigenvalue weighted by atomic mass is 35.5. The van der Waals surface area contributed by atoms with Crippen LogP contribution in [0.25, 0.3) is 0 Å². The predicted octanol–water partition coefficient (Wildman–Crippen LogP) is 5.31. The Balaban J connectivity index is 1.48. The monoisotopic (exact) mass is 428 g/mol. The third kappa shape index (κ3) is 3.27. The van der Waals surface area contributed by atoms with Crippen LogP contribution in [0.5, 0.6) is 0 Å². The van der Waals surface area contributed by atoms with Crippen LogP contribution in [0.2, 0.25) is 5.02 Å². The third-order valence-corrected chi connectivity index (χ3v) is 6.99. The van der Waals surface area contributed by atoms with Crippen molar-refractivity contribution in [1.29, 1.82) is 0 Å². The highest BCUT2D eigenvalue weighted by molar-refractivity contribution is 7.98. The van der Waals surface area contributed by atoms with Gasteiger partial charge < -0.3 is 5.32 Å². The van der Waals surface area contributed by atoms with Crippen LogP contribution in [0.1, 0.15) is 35.7 Å². The molecule has 0 spiro atoms. The smallest absolute Gasteiger partial charge is 0.227 e. The minimum Gasteiger partial charge on any atom is -0.328 e. The number of nitrogens with zero attached hydrogens (tertiary/aromatic N) is 3. The largest absolute Gasteiger partial charge is 0.328 e. The zero-order valence-corrected chi connectivity index (χ0v) is 17.3. The van der Waals surface area contributed by atoms with Gasteiger partial charge in [-0.2, -0.15) is 4.98 Å². The molecular formula is C20H17ClN4OS2. The maximum Gasteiger partial charge on any atom is 0.227 e. The molecule has 28 heavy (non-hydrogen) atoms. The number of halogens is 1. The maximum absolute atomic E-state index is 12.7. The topological polar surface area (TPSA) is 59.8 Å². The molecular weight excluding hydrogens is 412 g/mol. The average Bonchev–Trinajstić information content (AvgIpc) is 3.34. The van der Waals surface area contributed by atoms with Gasteiger partial charge in [0.1, 0.15) is 6.04 Å². The Bertz CT molecular complexity index is 1070. The Hall–Kier alpha value is -2.09. The number of aromatic nitrogens is 3. The zero-order valence-electron chi connectivity index (χ0n) is 14.9. The molecule has 142 valence electrons. The molecule has 0 radical (unpaired) electrons. The number of benzene rings is 1. The lowest BCUT2D eigenvalue weighted by Crippen LogP contribution is -2.31. The molecule has 1 aliphatic carbocycles. The SMILES string of the molecule is O=C1CCCC2=C1[C@@H](c1cccs1)n1nc(SCc3cccc(Cl)c3)nc1N2. The Morgan fingerprint density at radius 2 is 2.21 bits per heavy atom. The van der Waals surface area contributed by atoms with Crippen molar-refractivity contribution in [2.24, 2.45) is 0 Å². The normalized spacial score (nSPS) is 18.6. The lowest BCUT2D eigenvalue weighted by molar-refractivity contribution is -0.116. The molecule has 3 aromatic rings. The highest BCUT2D eigenvalue weighted by Gasteiger charge is 2.37. The molecule has 1 aliphatic heterocycles. The summed E-state index contributed by atoms with van der Waals surface area (Å²) in [6.07, 6.45) is 2.36. The molecule has 0 bridgehead atoms. The second kappa shape index (κ2) is 7.39. The number of hydrogen-bond donors (Lipinski definition) is 1. The molecule has 0 amide bonds. The van der Waals surface area contributed by atoms with E-state index in [1.165, 1.54) is 0 Å². The number of hydrogen-bond acceptors (Lipinski definition) is 6. The predicted molar refractivity (Wildman–Crippen MR) is 113 cm³/mol. The summed E-state index contributed by atoms with van der Waals surface area (Å²) in [7, 11) is 0. The number of carbonyl (C=O) groups is 1. The molecule has 5 nitrogen and oxygen atoms in total. The van der Waals surface area contributed by atoms with Crippen molar-refractivity contribution in [3.05, 3.63) is 68.5 Å². The van der Waals surface area contributed by atoms with E-state index in [1.54, 1.807) is 23.1 Å². The quantitative estimate of drug-likeness (QED) is 0.571. The van der Waals surface area contributed by atoms with Crippen LogP contribution in [0.15, 0.2) is 58.2 Å². The summed E-state index contributed by atoms with van der Waals surface area (Å²) in [6, 6.07) is 11.7. The fraction of sp³-hybridized carbons (Fsp3) is 0.250. The van der Waals surface area contributed by atoms with E-state index in [4.69, 9.17) is 21.7 Å². The molecule has 3 heterocycles. The molecule has 1 atom stereocenters. The number of thiophene rings is 1. The van der Waals surface area contributed by atoms with Crippen LogP contribution in [0.3, 0.4) is 0 Å². The van der Waals surface area contributed by atoms with Crippen molar-refractivity contribution in [3.63, 3.8) is 0 Å². The van der Waals surface area contributed by atoms with E-state index in [1.807, 2.05) is 40.4 Å². The van der Waals surface area contributed by atoms with Gasteiger partial charge in [0.15, 0.2) is 5.78 Å². The van der Waals surface area contributed by atoms with Crippen LogP contribution in [-0.2, 0) is 10.5 Å². The fourth-order valence-electron chi connectivity index (χ4n) is 3.68. The molecule has 1 aromatic carbocycles. The minimum atomic E-state index is -0.188. The van der Waals surface area contributed by atoms with Gasteiger partial charge in [-0.1, -0.05) is 41.6 Å². The van der Waals surface area contributed by atoms with Gasteiger partial charge in [0.25, 0.3) is 0 Å². The second-order valence-corrected chi connectivity index (χ2v) is 9.15. The van der Waals surface area contributed by atoms with E-state index < -0.39 is 0 Å². The number of thioether (sulfide) groups is 1. The van der Waals surface area contributed by atoms with Crippen molar-refractivity contribution in [2.45, 2.75) is 36.2 Å². The molecule has 2 aromatic heterocycles. The van der Waals surface area contributed by atoms with Crippen LogP contribution in [0.4, 0.5) is 5.95 Å². The van der Waals surface area contributed by atoms with E-state index >= 15 is 0 Å². The van der Waals surface area contributed by atoms with Crippen molar-refractivity contribution >= 4 is 46.4 Å². The molecule has 5 rings (SSSR count). The zero-order chi connectivity index (χ0) is 19.1. The summed E-state index contributed by atoms with van der Waals surface area (Å²) in [5.74, 6) is 1.65.